The van der Waals surface area contributed by atoms with E-state index in [1.54, 1.807) is 23.1 Å². The number of hydrogen-bond donors (Lipinski definition) is 0. The molecule has 1 aliphatic rings. The Balaban J connectivity index is 2.20. The van der Waals surface area contributed by atoms with E-state index in [4.69, 9.17) is 0 Å². The second-order valence-electron chi connectivity index (χ2n) is 1.90. The van der Waals surface area contributed by atoms with Crippen LogP contribution in [0, 0.1) is 0 Å². The minimum Gasteiger partial charge on any atom is -0.322 e. The van der Waals surface area contributed by atoms with E-state index in [-0.39, 0.29) is 0 Å². The zero-order chi connectivity index (χ0) is 6.81. The molecule has 0 aromatic carbocycles. The molecule has 10 heavy (non-hydrogen) atoms. The molecular formula is C6H6N2S2. The summed E-state index contributed by atoms with van der Waals surface area (Å²) in [6.45, 7) is 0. The predicted octanol–water partition coefficient (Wildman–Crippen LogP) is 2.12. The van der Waals surface area contributed by atoms with Gasteiger partial charge < -0.3 is 4.90 Å². The summed E-state index contributed by atoms with van der Waals surface area (Å²) in [5.41, 5.74) is 1.85. The molecule has 0 bridgehead atoms. The normalized spacial score (nSPS) is 16.6. The molecule has 2 heterocycles. The molecule has 52 valence electrons. The van der Waals surface area contributed by atoms with Crippen molar-refractivity contribution in [2.45, 2.75) is 0 Å². The third kappa shape index (κ3) is 1.04. The summed E-state index contributed by atoms with van der Waals surface area (Å²) in [6.07, 6.45) is 2.06. The van der Waals surface area contributed by atoms with Crippen molar-refractivity contribution in [2.24, 2.45) is 0 Å². The molecular weight excluding hydrogens is 164 g/mol. The summed E-state index contributed by atoms with van der Waals surface area (Å²) in [4.78, 5) is 6.30. The molecule has 2 nitrogen and oxygen atoms in total. The SMILES string of the molecule is C1=CN(c2cscn2)CS1. The third-order valence-electron chi connectivity index (χ3n) is 1.26. The average Bonchev–Trinajstić information content (AvgIpc) is 2.59. The summed E-state index contributed by atoms with van der Waals surface area (Å²) in [5, 5.41) is 4.13. The molecule has 1 aromatic heterocycles. The molecule has 0 atom stereocenters. The molecule has 0 unspecified atom stereocenters. The van der Waals surface area contributed by atoms with Crippen LogP contribution in [0.1, 0.15) is 0 Å². The second kappa shape index (κ2) is 2.64. The molecule has 0 fully saturated rings. The molecule has 0 spiro atoms. The Hall–Kier alpha value is -0.480. The molecule has 1 aliphatic heterocycles. The number of aromatic nitrogens is 1. The lowest BCUT2D eigenvalue weighted by atomic mass is 10.7. The minimum atomic E-state index is 1.00. The van der Waals surface area contributed by atoms with Gasteiger partial charge in [-0.05, 0) is 5.41 Å². The Morgan fingerprint density at radius 1 is 1.60 bits per heavy atom. The second-order valence-corrected chi connectivity index (χ2v) is 3.48. The summed E-state index contributed by atoms with van der Waals surface area (Å²) in [6, 6.07) is 0. The first-order valence-electron chi connectivity index (χ1n) is 2.90. The van der Waals surface area contributed by atoms with Crippen LogP contribution < -0.4 is 4.90 Å². The summed E-state index contributed by atoms with van der Waals surface area (Å²) in [5.74, 6) is 2.07. The fourth-order valence-electron chi connectivity index (χ4n) is 0.773. The van der Waals surface area contributed by atoms with Crippen molar-refractivity contribution in [2.75, 3.05) is 10.8 Å². The van der Waals surface area contributed by atoms with Gasteiger partial charge in [0, 0.05) is 11.6 Å². The number of thioether (sulfide) groups is 1. The van der Waals surface area contributed by atoms with E-state index < -0.39 is 0 Å². The molecule has 2 rings (SSSR count). The lowest BCUT2D eigenvalue weighted by Gasteiger charge is -2.08. The van der Waals surface area contributed by atoms with E-state index in [0.717, 1.165) is 11.7 Å². The van der Waals surface area contributed by atoms with Crippen LogP contribution in [0.25, 0.3) is 0 Å². The minimum absolute atomic E-state index is 1.00. The lowest BCUT2D eigenvalue weighted by Crippen LogP contribution is -2.10. The average molecular weight is 170 g/mol. The standard InChI is InChI=1S/C6H6N2S2/c1-2-9-5-8(1)6-3-10-4-7-6/h1-4H,5H2. The highest BCUT2D eigenvalue weighted by molar-refractivity contribution is 8.02. The maximum Gasteiger partial charge on any atom is 0.144 e. The van der Waals surface area contributed by atoms with Gasteiger partial charge in [0.2, 0.25) is 0 Å². The Morgan fingerprint density at radius 2 is 2.60 bits per heavy atom. The highest BCUT2D eigenvalue weighted by Gasteiger charge is 2.07. The van der Waals surface area contributed by atoms with Crippen molar-refractivity contribution in [3.8, 4) is 0 Å². The highest BCUT2D eigenvalue weighted by atomic mass is 32.2. The van der Waals surface area contributed by atoms with Crippen molar-refractivity contribution < 1.29 is 0 Å². The van der Waals surface area contributed by atoms with Crippen LogP contribution in [0.2, 0.25) is 0 Å². The Morgan fingerprint density at radius 3 is 3.20 bits per heavy atom. The quantitative estimate of drug-likeness (QED) is 0.642. The van der Waals surface area contributed by atoms with E-state index in [0.29, 0.717) is 0 Å². The summed E-state index contributed by atoms with van der Waals surface area (Å²) >= 11 is 3.42. The maximum absolute atomic E-state index is 4.18. The van der Waals surface area contributed by atoms with Crippen LogP contribution in [0.3, 0.4) is 0 Å². The van der Waals surface area contributed by atoms with Crippen LogP contribution in [-0.4, -0.2) is 10.9 Å². The van der Waals surface area contributed by atoms with E-state index in [1.807, 2.05) is 5.51 Å². The number of thiazole rings is 1. The molecule has 0 aliphatic carbocycles. The summed E-state index contributed by atoms with van der Waals surface area (Å²) < 4.78 is 0. The van der Waals surface area contributed by atoms with Crippen molar-refractivity contribution in [1.82, 2.24) is 4.98 Å². The van der Waals surface area contributed by atoms with Crippen LogP contribution in [0.5, 0.6) is 0 Å². The zero-order valence-corrected chi connectivity index (χ0v) is 6.86. The maximum atomic E-state index is 4.18. The van der Waals surface area contributed by atoms with Gasteiger partial charge >= 0.3 is 0 Å². The van der Waals surface area contributed by atoms with Gasteiger partial charge in [0.15, 0.2) is 0 Å². The molecule has 0 amide bonds. The molecule has 4 heteroatoms. The fourth-order valence-corrected chi connectivity index (χ4v) is 2.02. The molecule has 0 saturated carbocycles. The number of nitrogens with zero attached hydrogens (tertiary/aromatic N) is 2. The zero-order valence-electron chi connectivity index (χ0n) is 5.23. The van der Waals surface area contributed by atoms with E-state index in [2.05, 4.69) is 26.9 Å². The largest absolute Gasteiger partial charge is 0.322 e. The first kappa shape index (κ1) is 6.24. The van der Waals surface area contributed by atoms with Gasteiger partial charge in [0.25, 0.3) is 0 Å². The Bertz CT molecular complexity index is 230. The monoisotopic (exact) mass is 170 g/mol. The van der Waals surface area contributed by atoms with Crippen LogP contribution in [-0.2, 0) is 0 Å². The molecule has 0 N–H and O–H groups in total. The lowest BCUT2D eigenvalue weighted by molar-refractivity contribution is 1.13. The van der Waals surface area contributed by atoms with Gasteiger partial charge in [0.1, 0.15) is 5.82 Å². The third-order valence-corrected chi connectivity index (χ3v) is 2.58. The highest BCUT2D eigenvalue weighted by Crippen LogP contribution is 2.22. The van der Waals surface area contributed by atoms with E-state index in [1.165, 1.54) is 0 Å². The summed E-state index contributed by atoms with van der Waals surface area (Å²) in [7, 11) is 0. The fraction of sp³-hybridized carbons (Fsp3) is 0.167. The van der Waals surface area contributed by atoms with Gasteiger partial charge in [-0.1, -0.05) is 0 Å². The Kier molecular flexibility index (Phi) is 1.65. The van der Waals surface area contributed by atoms with Crippen LogP contribution >= 0.6 is 23.1 Å². The topological polar surface area (TPSA) is 16.1 Å². The molecule has 0 saturated heterocycles. The van der Waals surface area contributed by atoms with Crippen LogP contribution in [0.15, 0.2) is 22.5 Å². The number of anilines is 1. The predicted molar refractivity (Wildman–Crippen MR) is 46.2 cm³/mol. The van der Waals surface area contributed by atoms with E-state index >= 15 is 0 Å². The van der Waals surface area contributed by atoms with Crippen molar-refractivity contribution in [3.05, 3.63) is 22.5 Å². The molecule has 0 radical (unpaired) electrons. The van der Waals surface area contributed by atoms with Gasteiger partial charge in [0.05, 0.1) is 11.4 Å². The van der Waals surface area contributed by atoms with Crippen molar-refractivity contribution >= 4 is 28.9 Å². The van der Waals surface area contributed by atoms with Gasteiger partial charge in [-0.2, -0.15) is 0 Å². The van der Waals surface area contributed by atoms with Gasteiger partial charge in [-0.3, -0.25) is 0 Å². The van der Waals surface area contributed by atoms with Crippen molar-refractivity contribution in [1.29, 1.82) is 0 Å². The van der Waals surface area contributed by atoms with E-state index in [9.17, 15) is 0 Å². The first-order valence-corrected chi connectivity index (χ1v) is 4.89. The van der Waals surface area contributed by atoms with Crippen LogP contribution in [0.4, 0.5) is 5.82 Å². The molecule has 1 aromatic rings. The number of hydrogen-bond acceptors (Lipinski definition) is 4. The smallest absolute Gasteiger partial charge is 0.144 e. The number of rotatable bonds is 1. The Labute approximate surface area is 67.6 Å². The van der Waals surface area contributed by atoms with Gasteiger partial charge in [-0.15, -0.1) is 23.1 Å². The van der Waals surface area contributed by atoms with Crippen molar-refractivity contribution in [3.63, 3.8) is 0 Å². The first-order chi connectivity index (χ1) is 4.97. The van der Waals surface area contributed by atoms with Gasteiger partial charge in [-0.25, -0.2) is 4.98 Å².